The van der Waals surface area contributed by atoms with Crippen LogP contribution in [0.3, 0.4) is 0 Å². The lowest BCUT2D eigenvalue weighted by Gasteiger charge is -2.05. The number of ketones is 1. The first-order valence-corrected chi connectivity index (χ1v) is 6.66. The Morgan fingerprint density at radius 1 is 0.900 bits per heavy atom. The van der Waals surface area contributed by atoms with Crippen LogP contribution in [0.15, 0.2) is 54.6 Å². The third-order valence-electron chi connectivity index (χ3n) is 3.13. The Balaban J connectivity index is 1.93. The lowest BCUT2D eigenvalue weighted by Crippen LogP contribution is -2.29. The second-order valence-corrected chi connectivity index (χ2v) is 4.52. The number of Topliss-reactive ketones (excluding diaryl/α,β-unsaturated/α-hetero) is 1. The van der Waals surface area contributed by atoms with Gasteiger partial charge < -0.3 is 5.32 Å². The number of hydrogen-bond acceptors (Lipinski definition) is 2. The Morgan fingerprint density at radius 2 is 1.55 bits per heavy atom. The summed E-state index contributed by atoms with van der Waals surface area (Å²) in [5, 5.41) is 2.65. The van der Waals surface area contributed by atoms with Gasteiger partial charge in [-0.15, -0.1) is 0 Å². The highest BCUT2D eigenvalue weighted by Crippen LogP contribution is 2.05. The summed E-state index contributed by atoms with van der Waals surface area (Å²) in [7, 11) is 0. The van der Waals surface area contributed by atoms with E-state index in [-0.39, 0.29) is 18.2 Å². The van der Waals surface area contributed by atoms with Crippen LogP contribution in [0.5, 0.6) is 0 Å². The molecule has 2 aromatic rings. The Hall–Kier alpha value is -2.42. The number of carbonyl (C=O) groups excluding carboxylic acids is 2. The maximum atomic E-state index is 11.9. The first kappa shape index (κ1) is 14.0. The van der Waals surface area contributed by atoms with Crippen LogP contribution in [0.2, 0.25) is 0 Å². The molecule has 0 aliphatic heterocycles. The quantitative estimate of drug-likeness (QED) is 0.847. The van der Waals surface area contributed by atoms with Gasteiger partial charge in [0.05, 0.1) is 6.54 Å². The molecule has 2 aromatic carbocycles. The maximum Gasteiger partial charge on any atom is 0.251 e. The van der Waals surface area contributed by atoms with Crippen molar-refractivity contribution in [2.45, 2.75) is 13.3 Å². The van der Waals surface area contributed by atoms with E-state index in [4.69, 9.17) is 0 Å². The van der Waals surface area contributed by atoms with Gasteiger partial charge in [-0.05, 0) is 24.1 Å². The summed E-state index contributed by atoms with van der Waals surface area (Å²) in [6.07, 6.45) is 0.939. The van der Waals surface area contributed by atoms with E-state index in [1.165, 1.54) is 5.56 Å². The first-order valence-electron chi connectivity index (χ1n) is 6.66. The Morgan fingerprint density at radius 3 is 2.15 bits per heavy atom. The van der Waals surface area contributed by atoms with Crippen LogP contribution in [-0.2, 0) is 6.42 Å². The van der Waals surface area contributed by atoms with Crippen LogP contribution < -0.4 is 5.32 Å². The van der Waals surface area contributed by atoms with E-state index >= 15 is 0 Å². The van der Waals surface area contributed by atoms with Gasteiger partial charge in [0.1, 0.15) is 0 Å². The molecule has 1 N–H and O–H groups in total. The highest BCUT2D eigenvalue weighted by molar-refractivity contribution is 6.02. The molecule has 0 heterocycles. The topological polar surface area (TPSA) is 46.2 Å². The number of hydrogen-bond donors (Lipinski definition) is 1. The molecule has 0 fully saturated rings. The zero-order chi connectivity index (χ0) is 14.4. The highest BCUT2D eigenvalue weighted by Gasteiger charge is 2.09. The van der Waals surface area contributed by atoms with Gasteiger partial charge in [0, 0.05) is 11.1 Å². The predicted molar refractivity (Wildman–Crippen MR) is 78.9 cm³/mol. The molecule has 2 rings (SSSR count). The van der Waals surface area contributed by atoms with Gasteiger partial charge in [-0.3, -0.25) is 9.59 Å². The molecular formula is C17H17NO2. The molecule has 3 heteroatoms. The third kappa shape index (κ3) is 3.54. The summed E-state index contributed by atoms with van der Waals surface area (Å²) in [4.78, 5) is 23.8. The van der Waals surface area contributed by atoms with Gasteiger partial charge >= 0.3 is 0 Å². The monoisotopic (exact) mass is 267 g/mol. The van der Waals surface area contributed by atoms with Crippen molar-refractivity contribution in [3.05, 3.63) is 71.3 Å². The Bertz CT molecular complexity index is 588. The molecule has 102 valence electrons. The molecule has 3 nitrogen and oxygen atoms in total. The summed E-state index contributed by atoms with van der Waals surface area (Å²) >= 11 is 0. The maximum absolute atomic E-state index is 11.9. The summed E-state index contributed by atoms with van der Waals surface area (Å²) in [5.41, 5.74) is 2.36. The van der Waals surface area contributed by atoms with E-state index in [9.17, 15) is 9.59 Å². The highest BCUT2D eigenvalue weighted by atomic mass is 16.2. The second-order valence-electron chi connectivity index (χ2n) is 4.52. The summed E-state index contributed by atoms with van der Waals surface area (Å²) in [6, 6.07) is 16.3. The molecule has 0 aliphatic rings. The van der Waals surface area contributed by atoms with Crippen LogP contribution in [-0.4, -0.2) is 18.2 Å². The first-order chi connectivity index (χ1) is 9.70. The molecule has 0 unspecified atom stereocenters. The molecular weight excluding hydrogens is 250 g/mol. The molecule has 1 amide bonds. The fourth-order valence-electron chi connectivity index (χ4n) is 1.88. The van der Waals surface area contributed by atoms with Crippen molar-refractivity contribution < 1.29 is 9.59 Å². The lowest BCUT2D eigenvalue weighted by atomic mass is 10.1. The largest absolute Gasteiger partial charge is 0.345 e. The number of nitrogens with one attached hydrogen (secondary N) is 1. The van der Waals surface area contributed by atoms with E-state index < -0.39 is 0 Å². The minimum atomic E-state index is -0.225. The van der Waals surface area contributed by atoms with Gasteiger partial charge in [0.15, 0.2) is 5.78 Å². The lowest BCUT2D eigenvalue weighted by molar-refractivity contribution is 0.0904. The third-order valence-corrected chi connectivity index (χ3v) is 3.13. The Kier molecular flexibility index (Phi) is 4.66. The van der Waals surface area contributed by atoms with Gasteiger partial charge in [-0.1, -0.05) is 49.4 Å². The predicted octanol–water partition coefficient (Wildman–Crippen LogP) is 2.86. The number of carbonyl (C=O) groups is 2. The summed E-state index contributed by atoms with van der Waals surface area (Å²) < 4.78 is 0. The van der Waals surface area contributed by atoms with E-state index in [0.29, 0.717) is 11.1 Å². The van der Waals surface area contributed by atoms with Gasteiger partial charge in [-0.2, -0.15) is 0 Å². The van der Waals surface area contributed by atoms with Gasteiger partial charge in [-0.25, -0.2) is 0 Å². The minimum Gasteiger partial charge on any atom is -0.345 e. The standard InChI is InChI=1S/C17H17NO2/c1-2-13-8-10-15(11-9-13)17(20)18-12-16(19)14-6-4-3-5-7-14/h3-11H,2,12H2,1H3,(H,18,20). The van der Waals surface area contributed by atoms with Crippen molar-refractivity contribution in [1.29, 1.82) is 0 Å². The van der Waals surface area contributed by atoms with Crippen LogP contribution >= 0.6 is 0 Å². The SMILES string of the molecule is CCc1ccc(C(=O)NCC(=O)c2ccccc2)cc1. The average molecular weight is 267 g/mol. The smallest absolute Gasteiger partial charge is 0.251 e. The average Bonchev–Trinajstić information content (AvgIpc) is 2.53. The molecule has 0 aromatic heterocycles. The summed E-state index contributed by atoms with van der Waals surface area (Å²) in [6.45, 7) is 2.08. The normalized spacial score (nSPS) is 10.1. The van der Waals surface area contributed by atoms with E-state index in [0.717, 1.165) is 6.42 Å². The molecule has 0 saturated heterocycles. The van der Waals surface area contributed by atoms with Crippen molar-refractivity contribution in [2.24, 2.45) is 0 Å². The van der Waals surface area contributed by atoms with E-state index in [1.807, 2.05) is 18.2 Å². The zero-order valence-corrected chi connectivity index (χ0v) is 11.4. The molecule has 0 atom stereocenters. The molecule has 0 aliphatic carbocycles. The van der Waals surface area contributed by atoms with Crippen LogP contribution in [0.25, 0.3) is 0 Å². The van der Waals surface area contributed by atoms with Crippen molar-refractivity contribution in [3.8, 4) is 0 Å². The molecule has 0 saturated carbocycles. The van der Waals surface area contributed by atoms with Crippen LogP contribution in [0.4, 0.5) is 0 Å². The fourth-order valence-corrected chi connectivity index (χ4v) is 1.88. The number of benzene rings is 2. The molecule has 0 spiro atoms. The number of rotatable bonds is 5. The van der Waals surface area contributed by atoms with E-state index in [1.54, 1.807) is 36.4 Å². The van der Waals surface area contributed by atoms with Crippen LogP contribution in [0.1, 0.15) is 33.2 Å². The van der Waals surface area contributed by atoms with Crippen molar-refractivity contribution >= 4 is 11.7 Å². The van der Waals surface area contributed by atoms with Crippen molar-refractivity contribution in [3.63, 3.8) is 0 Å². The van der Waals surface area contributed by atoms with Crippen LogP contribution in [0, 0.1) is 0 Å². The zero-order valence-electron chi connectivity index (χ0n) is 11.4. The fraction of sp³-hybridized carbons (Fsp3) is 0.176. The van der Waals surface area contributed by atoms with Crippen molar-refractivity contribution in [1.82, 2.24) is 5.32 Å². The van der Waals surface area contributed by atoms with Gasteiger partial charge in [0.25, 0.3) is 5.91 Å². The molecule has 0 bridgehead atoms. The molecule has 0 radical (unpaired) electrons. The number of aryl methyl sites for hydroxylation is 1. The summed E-state index contributed by atoms with van der Waals surface area (Å²) in [5.74, 6) is -0.318. The second kappa shape index (κ2) is 6.66. The number of amides is 1. The van der Waals surface area contributed by atoms with Gasteiger partial charge in [0.2, 0.25) is 0 Å². The van der Waals surface area contributed by atoms with Crippen molar-refractivity contribution in [2.75, 3.05) is 6.54 Å². The Labute approximate surface area is 118 Å². The minimum absolute atomic E-state index is 0.0123. The molecule has 20 heavy (non-hydrogen) atoms. The van der Waals surface area contributed by atoms with E-state index in [2.05, 4.69) is 12.2 Å².